The molecule has 1 saturated carbocycles. The van der Waals surface area contributed by atoms with Crippen LogP contribution in [0.3, 0.4) is 0 Å². The van der Waals surface area contributed by atoms with Gasteiger partial charge in [-0.05, 0) is 17.4 Å². The Bertz CT molecular complexity index is 383. The number of halogens is 4. The fourth-order valence-corrected chi connectivity index (χ4v) is 1.94. The van der Waals surface area contributed by atoms with Gasteiger partial charge in [0.1, 0.15) is 5.03 Å². The second kappa shape index (κ2) is 4.37. The lowest BCUT2D eigenvalue weighted by atomic mass is 10.1. The summed E-state index contributed by atoms with van der Waals surface area (Å²) in [6, 6.07) is 0. The number of alkyl halides is 3. The number of carboxylic acid groups (broad SMARTS) is 1. The van der Waals surface area contributed by atoms with Gasteiger partial charge in [0, 0.05) is 0 Å². The van der Waals surface area contributed by atoms with Crippen LogP contribution in [0.1, 0.15) is 13.8 Å². The maximum absolute atomic E-state index is 12.0. The zero-order valence-electron chi connectivity index (χ0n) is 9.25. The van der Waals surface area contributed by atoms with E-state index in [-0.39, 0.29) is 5.92 Å². The fourth-order valence-electron chi connectivity index (χ4n) is 1.86. The topological polar surface area (TPSA) is 37.3 Å². The number of hydrogen-bond acceptors (Lipinski definition) is 1. The molecule has 0 spiro atoms. The predicted molar refractivity (Wildman–Crippen MR) is 57.5 cm³/mol. The Morgan fingerprint density at radius 2 is 1.94 bits per heavy atom. The van der Waals surface area contributed by atoms with Crippen molar-refractivity contribution in [1.29, 1.82) is 0 Å². The average Bonchev–Trinajstić information content (AvgIpc) is 2.66. The zero-order valence-corrected chi connectivity index (χ0v) is 10.0. The molecule has 1 aliphatic rings. The molecule has 0 bridgehead atoms. The van der Waals surface area contributed by atoms with Crippen LogP contribution in [0.25, 0.3) is 0 Å². The van der Waals surface area contributed by atoms with Gasteiger partial charge in [-0.2, -0.15) is 13.2 Å². The van der Waals surface area contributed by atoms with Crippen molar-refractivity contribution in [2.24, 2.45) is 17.3 Å². The van der Waals surface area contributed by atoms with Gasteiger partial charge in [-0.1, -0.05) is 37.6 Å². The second-order valence-electron chi connectivity index (χ2n) is 4.56. The monoisotopic (exact) mass is 268 g/mol. The highest BCUT2D eigenvalue weighted by Gasteiger charge is 2.60. The standard InChI is InChI=1S/C11H12ClF3O2/c1-10(2)6(8(10)9(16)17)4-3-5-7(12)11(13,14)15/h3-6,8H,1-2H3,(H,16,17)/t6-,8+/m1/s1. The molecule has 1 N–H and O–H groups in total. The molecule has 1 rings (SSSR count). The molecule has 1 fully saturated rings. The normalized spacial score (nSPS) is 28.5. The van der Waals surface area contributed by atoms with Crippen LogP contribution in [-0.2, 0) is 4.79 Å². The van der Waals surface area contributed by atoms with Crippen molar-refractivity contribution in [2.75, 3.05) is 0 Å². The fraction of sp³-hybridized carbons (Fsp3) is 0.545. The van der Waals surface area contributed by atoms with E-state index in [1.807, 2.05) is 0 Å². The first-order valence-corrected chi connectivity index (χ1v) is 5.30. The van der Waals surface area contributed by atoms with E-state index < -0.39 is 28.5 Å². The lowest BCUT2D eigenvalue weighted by Crippen LogP contribution is -2.06. The third kappa shape index (κ3) is 3.03. The molecule has 0 aromatic rings. The molecular weight excluding hydrogens is 257 g/mol. The van der Waals surface area contributed by atoms with E-state index in [4.69, 9.17) is 16.7 Å². The number of carboxylic acids is 1. The Balaban J connectivity index is 2.67. The average molecular weight is 269 g/mol. The van der Waals surface area contributed by atoms with Gasteiger partial charge in [0.15, 0.2) is 0 Å². The minimum Gasteiger partial charge on any atom is -0.481 e. The summed E-state index contributed by atoms with van der Waals surface area (Å²) in [5, 5.41) is 7.62. The minimum absolute atomic E-state index is 0.256. The van der Waals surface area contributed by atoms with Crippen molar-refractivity contribution in [3.8, 4) is 0 Å². The van der Waals surface area contributed by atoms with Gasteiger partial charge in [-0.3, -0.25) is 4.79 Å². The summed E-state index contributed by atoms with van der Waals surface area (Å²) >= 11 is 5.00. The van der Waals surface area contributed by atoms with Crippen LogP contribution < -0.4 is 0 Å². The molecule has 0 aromatic heterocycles. The van der Waals surface area contributed by atoms with Crippen molar-refractivity contribution in [3.63, 3.8) is 0 Å². The maximum Gasteiger partial charge on any atom is 0.426 e. The lowest BCUT2D eigenvalue weighted by Gasteiger charge is -2.01. The molecule has 2 atom stereocenters. The molecule has 0 aliphatic heterocycles. The van der Waals surface area contributed by atoms with E-state index in [1.54, 1.807) is 13.8 Å². The van der Waals surface area contributed by atoms with Crippen molar-refractivity contribution in [2.45, 2.75) is 20.0 Å². The van der Waals surface area contributed by atoms with E-state index in [0.717, 1.165) is 12.2 Å². The van der Waals surface area contributed by atoms with Crippen molar-refractivity contribution in [3.05, 3.63) is 23.3 Å². The molecule has 6 heteroatoms. The quantitative estimate of drug-likeness (QED) is 0.794. The molecule has 17 heavy (non-hydrogen) atoms. The second-order valence-corrected chi connectivity index (χ2v) is 4.97. The molecule has 96 valence electrons. The van der Waals surface area contributed by atoms with E-state index in [1.165, 1.54) is 6.08 Å². The Hall–Kier alpha value is -0.970. The molecule has 0 heterocycles. The smallest absolute Gasteiger partial charge is 0.426 e. The van der Waals surface area contributed by atoms with Crippen molar-refractivity contribution >= 4 is 17.6 Å². The van der Waals surface area contributed by atoms with Gasteiger partial charge in [-0.15, -0.1) is 0 Å². The van der Waals surface area contributed by atoms with Crippen LogP contribution in [0.15, 0.2) is 23.3 Å². The lowest BCUT2D eigenvalue weighted by molar-refractivity contribution is -0.139. The Kier molecular flexibility index (Phi) is 3.62. The molecule has 2 nitrogen and oxygen atoms in total. The number of rotatable bonds is 3. The zero-order chi connectivity index (χ0) is 13.4. The van der Waals surface area contributed by atoms with Gasteiger partial charge in [0.2, 0.25) is 0 Å². The Labute approximate surface area is 102 Å². The van der Waals surface area contributed by atoms with E-state index in [0.29, 0.717) is 0 Å². The molecule has 1 aliphatic carbocycles. The van der Waals surface area contributed by atoms with Gasteiger partial charge in [-0.25, -0.2) is 0 Å². The third-order valence-corrected chi connectivity index (χ3v) is 3.35. The van der Waals surface area contributed by atoms with Crippen LogP contribution in [0.4, 0.5) is 13.2 Å². The van der Waals surface area contributed by atoms with Crippen molar-refractivity contribution in [1.82, 2.24) is 0 Å². The molecule has 0 amide bonds. The maximum atomic E-state index is 12.0. The minimum atomic E-state index is -4.56. The molecule has 0 aromatic carbocycles. The molecule has 0 unspecified atom stereocenters. The number of hydrogen-bond donors (Lipinski definition) is 1. The van der Waals surface area contributed by atoms with Crippen LogP contribution in [0.5, 0.6) is 0 Å². The molecule has 0 radical (unpaired) electrons. The highest BCUT2D eigenvalue weighted by atomic mass is 35.5. The molecular formula is C11H12ClF3O2. The number of carbonyl (C=O) groups is 1. The van der Waals surface area contributed by atoms with Crippen LogP contribution in [-0.4, -0.2) is 17.3 Å². The van der Waals surface area contributed by atoms with Gasteiger partial charge < -0.3 is 5.11 Å². The number of aliphatic carboxylic acids is 1. The summed E-state index contributed by atoms with van der Waals surface area (Å²) in [5.74, 6) is -1.73. The molecule has 0 saturated heterocycles. The van der Waals surface area contributed by atoms with Gasteiger partial charge >= 0.3 is 12.1 Å². The van der Waals surface area contributed by atoms with Crippen LogP contribution in [0, 0.1) is 17.3 Å². The summed E-state index contributed by atoms with van der Waals surface area (Å²) in [6.45, 7) is 3.52. The van der Waals surface area contributed by atoms with Gasteiger partial charge in [0.05, 0.1) is 5.92 Å². The Morgan fingerprint density at radius 1 is 1.41 bits per heavy atom. The highest BCUT2D eigenvalue weighted by molar-refractivity contribution is 6.30. The SMILES string of the molecule is CC1(C)[C@H](C=CC=C(Cl)C(F)(F)F)[C@H]1C(=O)O. The Morgan fingerprint density at radius 3 is 2.29 bits per heavy atom. The summed E-state index contributed by atoms with van der Waals surface area (Å²) < 4.78 is 36.1. The first-order chi connectivity index (χ1) is 7.58. The van der Waals surface area contributed by atoms with Crippen molar-refractivity contribution < 1.29 is 23.1 Å². The highest BCUT2D eigenvalue weighted by Crippen LogP contribution is 2.59. The number of allylic oxidation sites excluding steroid dienone is 4. The van der Waals surface area contributed by atoms with E-state index in [2.05, 4.69) is 0 Å². The first-order valence-electron chi connectivity index (χ1n) is 4.92. The van der Waals surface area contributed by atoms with E-state index in [9.17, 15) is 18.0 Å². The van der Waals surface area contributed by atoms with E-state index >= 15 is 0 Å². The summed E-state index contributed by atoms with van der Waals surface area (Å²) in [4.78, 5) is 10.8. The predicted octanol–water partition coefficient (Wildman–Crippen LogP) is 3.58. The summed E-state index contributed by atoms with van der Waals surface area (Å²) in [5.41, 5.74) is -0.416. The summed E-state index contributed by atoms with van der Waals surface area (Å²) in [7, 11) is 0. The first kappa shape index (κ1) is 14.1. The third-order valence-electron chi connectivity index (χ3n) is 3.01. The van der Waals surface area contributed by atoms with Gasteiger partial charge in [0.25, 0.3) is 0 Å². The van der Waals surface area contributed by atoms with Crippen LogP contribution >= 0.6 is 11.6 Å². The summed E-state index contributed by atoms with van der Waals surface area (Å²) in [6.07, 6.45) is -1.22. The largest absolute Gasteiger partial charge is 0.481 e. The van der Waals surface area contributed by atoms with Crippen LogP contribution in [0.2, 0.25) is 0 Å².